The maximum Gasteiger partial charge on any atom is 0.327 e. The summed E-state index contributed by atoms with van der Waals surface area (Å²) in [5, 5.41) is 21.1. The summed E-state index contributed by atoms with van der Waals surface area (Å²) in [6, 6.07) is 6.44. The predicted molar refractivity (Wildman–Crippen MR) is 69.6 cm³/mol. The second kappa shape index (κ2) is 6.84. The Bertz CT molecular complexity index is 573. The minimum absolute atomic E-state index is 0.160. The number of phenols is 1. The van der Waals surface area contributed by atoms with E-state index in [9.17, 15) is 9.90 Å². The van der Waals surface area contributed by atoms with Crippen LogP contribution in [0.5, 0.6) is 5.75 Å². The number of carbonyl (C=O) groups excluding carboxylic acids is 1. The molecule has 0 amide bonds. The molecular formula is C10H12N6O3S. The number of benzene rings is 1. The molecule has 10 heteroatoms. The van der Waals surface area contributed by atoms with Crippen molar-refractivity contribution in [3.63, 3.8) is 0 Å². The van der Waals surface area contributed by atoms with Crippen molar-refractivity contribution in [1.82, 2.24) is 25.8 Å². The summed E-state index contributed by atoms with van der Waals surface area (Å²) < 4.78 is 1.51. The highest BCUT2D eigenvalue weighted by Crippen LogP contribution is 2.20. The molecule has 0 unspecified atom stereocenters. The molecule has 0 saturated carbocycles. The number of tetrazole rings is 1. The van der Waals surface area contributed by atoms with E-state index >= 15 is 0 Å². The van der Waals surface area contributed by atoms with E-state index in [0.29, 0.717) is 16.6 Å². The first-order valence-electron chi connectivity index (χ1n) is 5.56. The summed E-state index contributed by atoms with van der Waals surface area (Å²) in [4.78, 5) is 15.5. The van der Waals surface area contributed by atoms with Gasteiger partial charge in [-0.1, -0.05) is 17.4 Å². The summed E-state index contributed by atoms with van der Waals surface area (Å²) in [5.41, 5.74) is 2.54. The quantitative estimate of drug-likeness (QED) is 0.376. The summed E-state index contributed by atoms with van der Waals surface area (Å²) in [6.07, 6.45) is 0.164. The third kappa shape index (κ3) is 3.66. The van der Waals surface area contributed by atoms with Gasteiger partial charge in [-0.3, -0.25) is 4.79 Å². The lowest BCUT2D eigenvalue weighted by molar-refractivity contribution is -0.150. The fourth-order valence-corrected chi connectivity index (χ4v) is 2.18. The first kappa shape index (κ1) is 14.2. The number of hydrogen-bond donors (Lipinski definition) is 3. The molecule has 0 atom stereocenters. The third-order valence-electron chi connectivity index (χ3n) is 2.25. The Hall–Kier alpha value is -2.17. The number of phenolic OH excluding ortho intramolecular Hbond substituents is 1. The van der Waals surface area contributed by atoms with E-state index in [1.165, 1.54) is 28.6 Å². The van der Waals surface area contributed by atoms with Gasteiger partial charge in [-0.25, -0.2) is 5.84 Å². The number of hydrazine groups is 1. The van der Waals surface area contributed by atoms with Gasteiger partial charge < -0.3 is 9.94 Å². The Kier molecular flexibility index (Phi) is 4.87. The molecule has 0 aliphatic rings. The molecule has 0 fully saturated rings. The number of aromatic nitrogens is 4. The molecule has 0 saturated heterocycles. The maximum atomic E-state index is 11.1. The van der Waals surface area contributed by atoms with Crippen molar-refractivity contribution in [2.24, 2.45) is 5.84 Å². The van der Waals surface area contributed by atoms with E-state index in [1.807, 2.05) is 5.59 Å². The van der Waals surface area contributed by atoms with Crippen LogP contribution >= 0.6 is 11.8 Å². The van der Waals surface area contributed by atoms with Crippen molar-refractivity contribution in [3.05, 3.63) is 24.3 Å². The Labute approximate surface area is 118 Å². The lowest BCUT2D eigenvalue weighted by Gasteiger charge is -2.04. The van der Waals surface area contributed by atoms with Crippen molar-refractivity contribution in [2.45, 2.75) is 11.6 Å². The van der Waals surface area contributed by atoms with Gasteiger partial charge in [0.25, 0.3) is 0 Å². The summed E-state index contributed by atoms with van der Waals surface area (Å²) in [5.74, 6) is 4.99. The molecule has 0 aliphatic heterocycles. The highest BCUT2D eigenvalue weighted by molar-refractivity contribution is 7.99. The first-order valence-corrected chi connectivity index (χ1v) is 6.55. The molecular weight excluding hydrogens is 284 g/mol. The smallest absolute Gasteiger partial charge is 0.327 e. The van der Waals surface area contributed by atoms with Crippen molar-refractivity contribution >= 4 is 17.7 Å². The molecule has 1 heterocycles. The van der Waals surface area contributed by atoms with Crippen molar-refractivity contribution < 1.29 is 14.7 Å². The van der Waals surface area contributed by atoms with Crippen LogP contribution in [0.3, 0.4) is 0 Å². The largest absolute Gasteiger partial charge is 0.508 e. The molecule has 0 spiro atoms. The number of hydrogen-bond acceptors (Lipinski definition) is 9. The van der Waals surface area contributed by atoms with Gasteiger partial charge in [0.05, 0.1) is 12.1 Å². The second-order valence-electron chi connectivity index (χ2n) is 3.58. The van der Waals surface area contributed by atoms with Crippen LogP contribution in [0.4, 0.5) is 0 Å². The minimum Gasteiger partial charge on any atom is -0.508 e. The van der Waals surface area contributed by atoms with Crippen molar-refractivity contribution in [3.8, 4) is 11.4 Å². The van der Waals surface area contributed by atoms with Crippen LogP contribution < -0.4 is 11.4 Å². The fourth-order valence-electron chi connectivity index (χ4n) is 1.37. The van der Waals surface area contributed by atoms with Gasteiger partial charge in [-0.2, -0.15) is 4.68 Å². The van der Waals surface area contributed by atoms with Crippen LogP contribution in [0, 0.1) is 0 Å². The average molecular weight is 296 g/mol. The van der Waals surface area contributed by atoms with E-state index < -0.39 is 5.97 Å². The number of thioether (sulfide) groups is 1. The molecule has 4 N–H and O–H groups in total. The zero-order valence-corrected chi connectivity index (χ0v) is 11.1. The highest BCUT2D eigenvalue weighted by atomic mass is 32.2. The van der Waals surface area contributed by atoms with Crippen molar-refractivity contribution in [2.75, 3.05) is 5.75 Å². The molecule has 0 radical (unpaired) electrons. The van der Waals surface area contributed by atoms with Crippen LogP contribution in [0.1, 0.15) is 6.42 Å². The number of carbonyl (C=O) groups is 1. The Morgan fingerprint density at radius 1 is 1.45 bits per heavy atom. The summed E-state index contributed by atoms with van der Waals surface area (Å²) >= 11 is 1.30. The lowest BCUT2D eigenvalue weighted by Crippen LogP contribution is -2.26. The van der Waals surface area contributed by atoms with E-state index in [1.54, 1.807) is 12.1 Å². The van der Waals surface area contributed by atoms with Gasteiger partial charge in [0, 0.05) is 5.75 Å². The fraction of sp³-hybridized carbons (Fsp3) is 0.200. The third-order valence-corrected chi connectivity index (χ3v) is 3.17. The Balaban J connectivity index is 1.98. The summed E-state index contributed by atoms with van der Waals surface area (Å²) in [7, 11) is 0. The molecule has 106 valence electrons. The van der Waals surface area contributed by atoms with E-state index in [-0.39, 0.29) is 12.2 Å². The lowest BCUT2D eigenvalue weighted by atomic mass is 10.3. The molecule has 20 heavy (non-hydrogen) atoms. The van der Waals surface area contributed by atoms with Crippen LogP contribution in [0.15, 0.2) is 29.4 Å². The Morgan fingerprint density at radius 3 is 2.90 bits per heavy atom. The monoisotopic (exact) mass is 296 g/mol. The van der Waals surface area contributed by atoms with Gasteiger partial charge in [0.15, 0.2) is 0 Å². The minimum atomic E-state index is -0.469. The molecule has 9 nitrogen and oxygen atoms in total. The van der Waals surface area contributed by atoms with Crippen LogP contribution in [-0.2, 0) is 9.63 Å². The molecule has 2 aromatic rings. The first-order chi connectivity index (χ1) is 9.70. The standard InChI is InChI=1S/C10H12N6O3S/c11-13-19-9(18)5-6-20-10-12-14-15-16(10)7-1-3-8(17)4-2-7/h1-4,13,17H,5-6,11H2. The molecule has 2 rings (SSSR count). The van der Waals surface area contributed by atoms with E-state index in [4.69, 9.17) is 5.84 Å². The molecule has 0 bridgehead atoms. The van der Waals surface area contributed by atoms with Gasteiger partial charge >= 0.3 is 5.97 Å². The highest BCUT2D eigenvalue weighted by Gasteiger charge is 2.10. The SMILES string of the molecule is NNOC(=O)CCSc1nnnn1-c1ccc(O)cc1. The van der Waals surface area contributed by atoms with E-state index in [0.717, 1.165) is 0 Å². The van der Waals surface area contributed by atoms with Crippen LogP contribution in [-0.4, -0.2) is 37.0 Å². The van der Waals surface area contributed by atoms with Gasteiger partial charge in [-0.05, 0) is 34.7 Å². The molecule has 0 aliphatic carbocycles. The predicted octanol–water partition coefficient (Wildman–Crippen LogP) is -0.228. The van der Waals surface area contributed by atoms with E-state index in [2.05, 4.69) is 20.4 Å². The zero-order valence-electron chi connectivity index (χ0n) is 10.3. The number of rotatable bonds is 6. The van der Waals surface area contributed by atoms with Gasteiger partial charge in [-0.15, -0.1) is 5.10 Å². The summed E-state index contributed by atoms with van der Waals surface area (Å²) in [6.45, 7) is 0. The number of nitrogens with two attached hydrogens (primary N) is 1. The normalized spacial score (nSPS) is 10.4. The van der Waals surface area contributed by atoms with Gasteiger partial charge in [0.2, 0.25) is 5.16 Å². The van der Waals surface area contributed by atoms with Crippen LogP contribution in [0.25, 0.3) is 5.69 Å². The van der Waals surface area contributed by atoms with Crippen LogP contribution in [0.2, 0.25) is 0 Å². The average Bonchev–Trinajstić information content (AvgIpc) is 2.88. The number of nitrogens with one attached hydrogen (secondary N) is 1. The van der Waals surface area contributed by atoms with Gasteiger partial charge in [0.1, 0.15) is 5.75 Å². The molecule has 1 aromatic carbocycles. The zero-order chi connectivity index (χ0) is 14.4. The molecule has 1 aromatic heterocycles. The topological polar surface area (TPSA) is 128 Å². The number of aromatic hydroxyl groups is 1. The van der Waals surface area contributed by atoms with Crippen molar-refractivity contribution in [1.29, 1.82) is 0 Å². The second-order valence-corrected chi connectivity index (χ2v) is 4.64. The maximum absolute atomic E-state index is 11.1. The number of nitrogens with zero attached hydrogens (tertiary/aromatic N) is 4. The Morgan fingerprint density at radius 2 is 2.20 bits per heavy atom.